The molecule has 0 bridgehead atoms. The van der Waals surface area contributed by atoms with Gasteiger partial charge in [0.1, 0.15) is 0 Å². The third-order valence-corrected chi connectivity index (χ3v) is 17.7. The average molecular weight is 1120 g/mol. The Morgan fingerprint density at radius 2 is 0.519 bits per heavy atom. The first-order chi connectivity index (χ1) is 39.0. The van der Waals surface area contributed by atoms with Crippen molar-refractivity contribution in [1.29, 1.82) is 0 Å². The van der Waals surface area contributed by atoms with Gasteiger partial charge in [0.05, 0.1) is 25.4 Å². The highest BCUT2D eigenvalue weighted by Gasteiger charge is 2.20. The topological polar surface area (TPSA) is 95.9 Å². The molecule has 2 atom stereocenters. The molecule has 0 rings (SSSR count). The fourth-order valence-corrected chi connectivity index (χ4v) is 12.1. The van der Waals surface area contributed by atoms with Gasteiger partial charge < -0.3 is 20.3 Å². The van der Waals surface area contributed by atoms with Crippen molar-refractivity contribution in [3.8, 4) is 0 Å². The zero-order valence-electron chi connectivity index (χ0n) is 54.2. The number of ether oxygens (including phenoxy) is 1. The summed E-state index contributed by atoms with van der Waals surface area (Å²) in [6.07, 6.45) is 84.4. The van der Waals surface area contributed by atoms with E-state index >= 15 is 0 Å². The lowest BCUT2D eigenvalue weighted by Gasteiger charge is -2.22. The predicted molar refractivity (Wildman–Crippen MR) is 347 cm³/mol. The largest absolute Gasteiger partial charge is 0.466 e. The minimum Gasteiger partial charge on any atom is -0.466 e. The Kier molecular flexibility index (Phi) is 68.4. The Labute approximate surface area is 496 Å². The number of hydrogen-bond acceptors (Lipinski definition) is 5. The summed E-state index contributed by atoms with van der Waals surface area (Å²) in [5, 5.41) is 23.4. The molecular weight excluding hydrogens is 971 g/mol. The Hall–Kier alpha value is -1.14. The molecule has 0 radical (unpaired) electrons. The maximum Gasteiger partial charge on any atom is 0.305 e. The molecule has 79 heavy (non-hydrogen) atoms. The molecule has 472 valence electrons. The van der Waals surface area contributed by atoms with Crippen molar-refractivity contribution >= 4 is 11.9 Å². The van der Waals surface area contributed by atoms with Crippen molar-refractivity contribution in [2.45, 2.75) is 443 Å². The molecule has 0 saturated carbocycles. The van der Waals surface area contributed by atoms with E-state index in [4.69, 9.17) is 4.74 Å². The van der Waals surface area contributed by atoms with Gasteiger partial charge in [-0.2, -0.15) is 0 Å². The van der Waals surface area contributed by atoms with Crippen LogP contribution < -0.4 is 5.32 Å². The second kappa shape index (κ2) is 69.4. The summed E-state index contributed by atoms with van der Waals surface area (Å²) in [7, 11) is 0. The van der Waals surface area contributed by atoms with Crippen molar-refractivity contribution in [1.82, 2.24) is 5.32 Å². The first-order valence-corrected chi connectivity index (χ1v) is 36.8. The molecule has 0 aromatic heterocycles. The molecule has 0 aliphatic heterocycles. The van der Waals surface area contributed by atoms with Crippen LogP contribution in [0.25, 0.3) is 0 Å². The molecule has 1 amide bonds. The number of amides is 1. The lowest BCUT2D eigenvalue weighted by atomic mass is 10.0. The van der Waals surface area contributed by atoms with Crippen LogP contribution in [0.4, 0.5) is 0 Å². The van der Waals surface area contributed by atoms with Gasteiger partial charge in [-0.15, -0.1) is 0 Å². The van der Waals surface area contributed by atoms with E-state index in [1.165, 1.54) is 360 Å². The molecule has 0 fully saturated rings. The van der Waals surface area contributed by atoms with Crippen molar-refractivity contribution in [3.05, 3.63) is 0 Å². The molecule has 0 heterocycles. The number of unbranched alkanes of at least 4 members (excludes halogenated alkanes) is 59. The molecule has 3 N–H and O–H groups in total. The zero-order valence-corrected chi connectivity index (χ0v) is 54.2. The zero-order chi connectivity index (χ0) is 57.1. The first-order valence-electron chi connectivity index (χ1n) is 36.8. The molecule has 6 nitrogen and oxygen atoms in total. The Morgan fingerprint density at radius 1 is 0.304 bits per heavy atom. The Balaban J connectivity index is 3.35. The summed E-state index contributed by atoms with van der Waals surface area (Å²) in [5.74, 6) is -0.00977. The number of aliphatic hydroxyl groups is 2. The number of hydrogen-bond donors (Lipinski definition) is 3. The van der Waals surface area contributed by atoms with E-state index in [1.54, 1.807) is 0 Å². The van der Waals surface area contributed by atoms with E-state index in [9.17, 15) is 19.8 Å². The maximum absolute atomic E-state index is 12.6. The molecule has 0 aliphatic carbocycles. The SMILES string of the molecule is CCCCCCCCCCCCCCCCCCCCCCCCC(O)C(CO)NC(=O)CCCCCCCCCCCCCCCCCCCCCCCCOC(=O)CCCCCCCCCCCCCCCCCCCC. The predicted octanol–water partition coefficient (Wildman–Crippen LogP) is 23.8. The van der Waals surface area contributed by atoms with Gasteiger partial charge in [0.15, 0.2) is 0 Å². The lowest BCUT2D eigenvalue weighted by molar-refractivity contribution is -0.143. The monoisotopic (exact) mass is 1120 g/mol. The van der Waals surface area contributed by atoms with E-state index in [0.717, 1.165) is 38.5 Å². The van der Waals surface area contributed by atoms with Crippen molar-refractivity contribution in [2.24, 2.45) is 0 Å². The van der Waals surface area contributed by atoms with E-state index in [0.29, 0.717) is 25.9 Å². The standard InChI is InChI=1S/C73H145NO5/c1-3-5-7-9-11-13-15-17-19-21-23-24-27-30-33-37-41-45-49-53-57-61-65-71(76)70(69-75)74-72(77)66-62-58-54-50-46-42-38-34-31-28-25-26-29-32-36-40-44-48-52-56-60-64-68-79-73(78)67-63-59-55-51-47-43-39-35-22-20-18-16-14-12-10-8-6-4-2/h70-71,75-76H,3-69H2,1-2H3,(H,74,77). The van der Waals surface area contributed by atoms with Crippen LogP contribution in [0.5, 0.6) is 0 Å². The quantitative estimate of drug-likeness (QED) is 0.0417. The molecule has 0 saturated heterocycles. The van der Waals surface area contributed by atoms with E-state index in [2.05, 4.69) is 19.2 Å². The maximum atomic E-state index is 12.6. The van der Waals surface area contributed by atoms with Crippen molar-refractivity contribution < 1.29 is 24.5 Å². The third kappa shape index (κ3) is 65.9. The highest BCUT2D eigenvalue weighted by molar-refractivity contribution is 5.76. The van der Waals surface area contributed by atoms with Crippen LogP contribution in [0.3, 0.4) is 0 Å². The second-order valence-electron chi connectivity index (χ2n) is 25.6. The average Bonchev–Trinajstić information content (AvgIpc) is 3.45. The van der Waals surface area contributed by atoms with Gasteiger partial charge in [0, 0.05) is 12.8 Å². The van der Waals surface area contributed by atoms with Crippen LogP contribution in [-0.4, -0.2) is 47.4 Å². The van der Waals surface area contributed by atoms with E-state index in [-0.39, 0.29) is 18.5 Å². The summed E-state index contributed by atoms with van der Waals surface area (Å²) in [6.45, 7) is 5.01. The van der Waals surface area contributed by atoms with E-state index in [1.807, 2.05) is 0 Å². The molecule has 0 aromatic rings. The number of aliphatic hydroxyl groups excluding tert-OH is 2. The first kappa shape index (κ1) is 77.9. The van der Waals surface area contributed by atoms with Crippen LogP contribution in [-0.2, 0) is 14.3 Å². The fourth-order valence-electron chi connectivity index (χ4n) is 12.1. The number of rotatable bonds is 70. The van der Waals surface area contributed by atoms with Gasteiger partial charge in [-0.1, -0.05) is 393 Å². The van der Waals surface area contributed by atoms with Gasteiger partial charge in [-0.25, -0.2) is 0 Å². The van der Waals surface area contributed by atoms with Crippen LogP contribution >= 0.6 is 0 Å². The van der Waals surface area contributed by atoms with E-state index < -0.39 is 12.1 Å². The van der Waals surface area contributed by atoms with Gasteiger partial charge in [-0.3, -0.25) is 9.59 Å². The minimum absolute atomic E-state index is 0.0194. The molecule has 2 unspecified atom stereocenters. The van der Waals surface area contributed by atoms with Crippen LogP contribution in [0.1, 0.15) is 431 Å². The highest BCUT2D eigenvalue weighted by Crippen LogP contribution is 2.20. The van der Waals surface area contributed by atoms with Gasteiger partial charge >= 0.3 is 5.97 Å². The molecule has 0 spiro atoms. The lowest BCUT2D eigenvalue weighted by Crippen LogP contribution is -2.45. The minimum atomic E-state index is -0.665. The van der Waals surface area contributed by atoms with Crippen molar-refractivity contribution in [3.63, 3.8) is 0 Å². The fraction of sp³-hybridized carbons (Fsp3) is 0.973. The summed E-state index contributed by atoms with van der Waals surface area (Å²) >= 11 is 0. The Morgan fingerprint density at radius 3 is 0.772 bits per heavy atom. The molecule has 6 heteroatoms. The Bertz CT molecular complexity index is 1150. The summed E-state index contributed by atoms with van der Waals surface area (Å²) in [6, 6.07) is -0.542. The number of esters is 1. The number of nitrogens with one attached hydrogen (secondary N) is 1. The number of carbonyl (C=O) groups excluding carboxylic acids is 2. The third-order valence-electron chi connectivity index (χ3n) is 17.7. The van der Waals surface area contributed by atoms with Crippen LogP contribution in [0.15, 0.2) is 0 Å². The highest BCUT2D eigenvalue weighted by atomic mass is 16.5. The molecule has 0 aliphatic rings. The summed E-state index contributed by atoms with van der Waals surface area (Å²) in [5.41, 5.74) is 0. The smallest absolute Gasteiger partial charge is 0.305 e. The summed E-state index contributed by atoms with van der Waals surface area (Å²) in [4.78, 5) is 24.7. The second-order valence-corrected chi connectivity index (χ2v) is 25.6. The molecule has 0 aromatic carbocycles. The van der Waals surface area contributed by atoms with Crippen molar-refractivity contribution in [2.75, 3.05) is 13.2 Å². The van der Waals surface area contributed by atoms with Gasteiger partial charge in [-0.05, 0) is 25.7 Å². The molecular formula is C73H145NO5. The van der Waals surface area contributed by atoms with Crippen LogP contribution in [0.2, 0.25) is 0 Å². The van der Waals surface area contributed by atoms with Gasteiger partial charge in [0.2, 0.25) is 5.91 Å². The normalized spacial score (nSPS) is 12.4. The van der Waals surface area contributed by atoms with Crippen LogP contribution in [0, 0.1) is 0 Å². The number of carbonyl (C=O) groups is 2. The summed E-state index contributed by atoms with van der Waals surface area (Å²) < 4.78 is 5.51. The van der Waals surface area contributed by atoms with Gasteiger partial charge in [0.25, 0.3) is 0 Å².